The fraction of sp³-hybridized carbons (Fsp3) is 0.722. The minimum absolute atomic E-state index is 0.293. The van der Waals surface area contributed by atoms with Crippen molar-refractivity contribution in [3.8, 4) is 0 Å². The van der Waals surface area contributed by atoms with Gasteiger partial charge in [-0.15, -0.1) is 0 Å². The Morgan fingerprint density at radius 3 is 2.58 bits per heavy atom. The number of anilines is 2. The molecule has 6 nitrogen and oxygen atoms in total. The van der Waals surface area contributed by atoms with Crippen molar-refractivity contribution in [3.63, 3.8) is 0 Å². The Bertz CT molecular complexity index is 548. The molecule has 2 aliphatic heterocycles. The van der Waals surface area contributed by atoms with Crippen molar-refractivity contribution in [2.75, 3.05) is 36.4 Å². The monoisotopic (exact) mass is 331 g/mol. The van der Waals surface area contributed by atoms with Crippen LogP contribution in [0.4, 0.5) is 11.6 Å². The summed E-state index contributed by atoms with van der Waals surface area (Å²) in [6.07, 6.45) is 6.76. The Kier molecular flexibility index (Phi) is 5.53. The Hall–Kier alpha value is -1.85. The standard InChI is InChI=1S/C18H29N5O/c1-14(2)11-18(24)23-9-5-15(6-10-23)21-16-12-17(20-13-19-16)22-7-3-4-8-22/h12-15H,3-11H2,1-2H3,(H,19,20,21). The first-order valence-electron chi connectivity index (χ1n) is 9.23. The van der Waals surface area contributed by atoms with Gasteiger partial charge in [-0.05, 0) is 31.6 Å². The van der Waals surface area contributed by atoms with Crippen LogP contribution in [0.5, 0.6) is 0 Å². The number of piperidine rings is 1. The number of amides is 1. The van der Waals surface area contributed by atoms with Gasteiger partial charge in [-0.3, -0.25) is 4.79 Å². The number of hydrogen-bond acceptors (Lipinski definition) is 5. The van der Waals surface area contributed by atoms with Crippen LogP contribution in [0.15, 0.2) is 12.4 Å². The third-order valence-electron chi connectivity index (χ3n) is 4.87. The van der Waals surface area contributed by atoms with E-state index >= 15 is 0 Å². The summed E-state index contributed by atoms with van der Waals surface area (Å²) in [6, 6.07) is 2.44. The lowest BCUT2D eigenvalue weighted by Crippen LogP contribution is -2.42. The Balaban J connectivity index is 1.51. The van der Waals surface area contributed by atoms with Gasteiger partial charge in [-0.1, -0.05) is 13.8 Å². The molecule has 0 radical (unpaired) electrons. The van der Waals surface area contributed by atoms with E-state index < -0.39 is 0 Å². The molecule has 0 aliphatic carbocycles. The first-order valence-corrected chi connectivity index (χ1v) is 9.23. The number of rotatable bonds is 5. The summed E-state index contributed by atoms with van der Waals surface area (Å²) in [5.41, 5.74) is 0. The molecular weight excluding hydrogens is 302 g/mol. The second-order valence-corrected chi connectivity index (χ2v) is 7.35. The van der Waals surface area contributed by atoms with Crippen LogP contribution in [0, 0.1) is 5.92 Å². The molecular formula is C18H29N5O. The number of likely N-dealkylation sites (tertiary alicyclic amines) is 1. The molecule has 2 fully saturated rings. The van der Waals surface area contributed by atoms with Gasteiger partial charge in [0.25, 0.3) is 0 Å². The van der Waals surface area contributed by atoms with E-state index in [1.165, 1.54) is 12.8 Å². The highest BCUT2D eigenvalue weighted by Crippen LogP contribution is 2.21. The topological polar surface area (TPSA) is 61.4 Å². The van der Waals surface area contributed by atoms with Gasteiger partial charge >= 0.3 is 0 Å². The fourth-order valence-electron chi connectivity index (χ4n) is 3.51. The van der Waals surface area contributed by atoms with Gasteiger partial charge in [0, 0.05) is 44.7 Å². The summed E-state index contributed by atoms with van der Waals surface area (Å²) in [5, 5.41) is 3.53. The second kappa shape index (κ2) is 7.81. The number of carbonyl (C=O) groups is 1. The predicted octanol–water partition coefficient (Wildman–Crippen LogP) is 2.53. The maximum absolute atomic E-state index is 12.1. The summed E-state index contributed by atoms with van der Waals surface area (Å²) in [5.74, 6) is 2.65. The van der Waals surface area contributed by atoms with Crippen LogP contribution >= 0.6 is 0 Å². The van der Waals surface area contributed by atoms with Crippen LogP contribution in [-0.2, 0) is 4.79 Å². The zero-order valence-electron chi connectivity index (χ0n) is 14.9. The lowest BCUT2D eigenvalue weighted by atomic mass is 10.0. The zero-order valence-corrected chi connectivity index (χ0v) is 14.9. The highest BCUT2D eigenvalue weighted by atomic mass is 16.2. The van der Waals surface area contributed by atoms with Crippen molar-refractivity contribution in [3.05, 3.63) is 12.4 Å². The van der Waals surface area contributed by atoms with Gasteiger partial charge in [0.2, 0.25) is 5.91 Å². The van der Waals surface area contributed by atoms with Gasteiger partial charge < -0.3 is 15.1 Å². The molecule has 0 unspecified atom stereocenters. The Morgan fingerprint density at radius 2 is 1.92 bits per heavy atom. The quantitative estimate of drug-likeness (QED) is 0.898. The highest BCUT2D eigenvalue weighted by Gasteiger charge is 2.23. The van der Waals surface area contributed by atoms with Crippen molar-refractivity contribution in [1.82, 2.24) is 14.9 Å². The number of nitrogens with one attached hydrogen (secondary N) is 1. The average Bonchev–Trinajstić information content (AvgIpc) is 3.10. The molecule has 2 aliphatic rings. The Morgan fingerprint density at radius 1 is 1.21 bits per heavy atom. The molecule has 0 atom stereocenters. The molecule has 2 saturated heterocycles. The summed E-state index contributed by atoms with van der Waals surface area (Å²) >= 11 is 0. The molecule has 1 aromatic rings. The number of nitrogens with zero attached hydrogens (tertiary/aromatic N) is 4. The maximum atomic E-state index is 12.1. The summed E-state index contributed by atoms with van der Waals surface area (Å²) in [7, 11) is 0. The van der Waals surface area contributed by atoms with E-state index in [0.717, 1.165) is 50.7 Å². The van der Waals surface area contributed by atoms with Crippen LogP contribution in [0.25, 0.3) is 0 Å². The third-order valence-corrected chi connectivity index (χ3v) is 4.87. The minimum Gasteiger partial charge on any atom is -0.367 e. The largest absolute Gasteiger partial charge is 0.367 e. The number of carbonyl (C=O) groups excluding carboxylic acids is 1. The van der Waals surface area contributed by atoms with Crippen LogP contribution in [-0.4, -0.2) is 53.0 Å². The van der Waals surface area contributed by atoms with Gasteiger partial charge in [0.1, 0.15) is 18.0 Å². The van der Waals surface area contributed by atoms with E-state index in [1.807, 2.05) is 4.90 Å². The van der Waals surface area contributed by atoms with E-state index in [9.17, 15) is 4.79 Å². The number of aromatic nitrogens is 2. The van der Waals surface area contributed by atoms with Crippen LogP contribution in [0.3, 0.4) is 0 Å². The van der Waals surface area contributed by atoms with Crippen LogP contribution in [0.2, 0.25) is 0 Å². The zero-order chi connectivity index (χ0) is 16.9. The molecule has 0 spiro atoms. The van der Waals surface area contributed by atoms with Crippen LogP contribution < -0.4 is 10.2 Å². The normalized spacial score (nSPS) is 19.1. The molecule has 6 heteroatoms. The van der Waals surface area contributed by atoms with Gasteiger partial charge in [-0.2, -0.15) is 0 Å². The molecule has 0 aromatic carbocycles. The number of hydrogen-bond donors (Lipinski definition) is 1. The molecule has 0 bridgehead atoms. The van der Waals surface area contributed by atoms with Crippen LogP contribution in [0.1, 0.15) is 46.0 Å². The molecule has 132 valence electrons. The third kappa shape index (κ3) is 4.36. The molecule has 1 N–H and O–H groups in total. The molecule has 24 heavy (non-hydrogen) atoms. The Labute approximate surface area is 144 Å². The first kappa shape index (κ1) is 17.0. The van der Waals surface area contributed by atoms with Crippen molar-refractivity contribution in [1.29, 1.82) is 0 Å². The van der Waals surface area contributed by atoms with Crippen molar-refractivity contribution in [2.24, 2.45) is 5.92 Å². The van der Waals surface area contributed by atoms with E-state index in [4.69, 9.17) is 0 Å². The lowest BCUT2D eigenvalue weighted by molar-refractivity contribution is -0.132. The molecule has 1 amide bonds. The molecule has 0 saturated carbocycles. The van der Waals surface area contributed by atoms with Gasteiger partial charge in [-0.25, -0.2) is 9.97 Å². The van der Waals surface area contributed by atoms with Crippen molar-refractivity contribution < 1.29 is 4.79 Å². The van der Waals surface area contributed by atoms with E-state index in [1.54, 1.807) is 6.33 Å². The SMILES string of the molecule is CC(C)CC(=O)N1CCC(Nc2cc(N3CCCC3)ncn2)CC1. The molecule has 3 heterocycles. The smallest absolute Gasteiger partial charge is 0.222 e. The predicted molar refractivity (Wildman–Crippen MR) is 96.2 cm³/mol. The van der Waals surface area contributed by atoms with Gasteiger partial charge in [0.05, 0.1) is 0 Å². The minimum atomic E-state index is 0.293. The lowest BCUT2D eigenvalue weighted by Gasteiger charge is -2.33. The second-order valence-electron chi connectivity index (χ2n) is 7.35. The first-order chi connectivity index (χ1) is 11.6. The summed E-state index contributed by atoms with van der Waals surface area (Å²) < 4.78 is 0. The van der Waals surface area contributed by atoms with Crippen molar-refractivity contribution >= 4 is 17.5 Å². The van der Waals surface area contributed by atoms with Gasteiger partial charge in [0.15, 0.2) is 0 Å². The average molecular weight is 331 g/mol. The van der Waals surface area contributed by atoms with E-state index in [2.05, 4.69) is 40.1 Å². The van der Waals surface area contributed by atoms with Crippen molar-refractivity contribution in [2.45, 2.75) is 52.0 Å². The fourth-order valence-corrected chi connectivity index (χ4v) is 3.51. The molecule has 1 aromatic heterocycles. The van der Waals surface area contributed by atoms with E-state index in [-0.39, 0.29) is 0 Å². The maximum Gasteiger partial charge on any atom is 0.222 e. The van der Waals surface area contributed by atoms with E-state index in [0.29, 0.717) is 24.3 Å². The summed E-state index contributed by atoms with van der Waals surface area (Å²) in [4.78, 5) is 25.2. The molecule has 3 rings (SSSR count). The summed E-state index contributed by atoms with van der Waals surface area (Å²) in [6.45, 7) is 8.05. The highest BCUT2D eigenvalue weighted by molar-refractivity contribution is 5.76.